The Bertz CT molecular complexity index is 614. The van der Waals surface area contributed by atoms with Crippen LogP contribution < -0.4 is 10.9 Å². The zero-order valence-electron chi connectivity index (χ0n) is 12.3. The van der Waals surface area contributed by atoms with Gasteiger partial charge >= 0.3 is 0 Å². The van der Waals surface area contributed by atoms with Gasteiger partial charge < -0.3 is 5.32 Å². The van der Waals surface area contributed by atoms with Crippen LogP contribution in [0.3, 0.4) is 0 Å². The van der Waals surface area contributed by atoms with E-state index in [9.17, 15) is 4.79 Å². The Hall–Kier alpha value is -2.10. The topological polar surface area (TPSA) is 46.9 Å². The molecule has 1 aromatic heterocycles. The molecule has 1 heterocycles. The molecule has 0 bridgehead atoms. The molecule has 0 spiro atoms. The minimum absolute atomic E-state index is 0.0878. The highest BCUT2D eigenvalue weighted by Crippen LogP contribution is 2.07. The summed E-state index contributed by atoms with van der Waals surface area (Å²) in [5.41, 5.74) is 3.06. The van der Waals surface area contributed by atoms with Crippen molar-refractivity contribution < 1.29 is 0 Å². The molecule has 0 aliphatic rings. The molecule has 0 unspecified atom stereocenters. The molecular weight excluding hydrogens is 250 g/mol. The lowest BCUT2D eigenvalue weighted by Crippen LogP contribution is -2.24. The Labute approximate surface area is 119 Å². The van der Waals surface area contributed by atoms with Gasteiger partial charge in [-0.2, -0.15) is 5.10 Å². The van der Waals surface area contributed by atoms with Gasteiger partial charge in [-0.1, -0.05) is 31.2 Å². The molecular formula is C16H21N3O. The molecule has 0 aliphatic heterocycles. The summed E-state index contributed by atoms with van der Waals surface area (Å²) in [6.07, 6.45) is 2.72. The Morgan fingerprint density at radius 2 is 1.85 bits per heavy atom. The number of hydrogen-bond donors (Lipinski definition) is 1. The third kappa shape index (κ3) is 3.70. The van der Waals surface area contributed by atoms with E-state index in [1.54, 1.807) is 12.3 Å². The zero-order valence-corrected chi connectivity index (χ0v) is 12.3. The van der Waals surface area contributed by atoms with Crippen LogP contribution in [0.1, 0.15) is 31.9 Å². The van der Waals surface area contributed by atoms with Crippen molar-refractivity contribution in [3.05, 3.63) is 58.0 Å². The number of hydrogen-bond acceptors (Lipinski definition) is 3. The molecule has 2 aromatic rings. The highest BCUT2D eigenvalue weighted by molar-refractivity contribution is 5.39. The zero-order chi connectivity index (χ0) is 14.5. The fourth-order valence-corrected chi connectivity index (χ4v) is 2.02. The molecule has 0 radical (unpaired) electrons. The van der Waals surface area contributed by atoms with Gasteiger partial charge in [-0.3, -0.25) is 4.79 Å². The quantitative estimate of drug-likeness (QED) is 0.909. The third-order valence-corrected chi connectivity index (χ3v) is 3.09. The van der Waals surface area contributed by atoms with Gasteiger partial charge in [0.15, 0.2) is 0 Å². The predicted molar refractivity (Wildman–Crippen MR) is 82.2 cm³/mol. The molecule has 1 aromatic carbocycles. The van der Waals surface area contributed by atoms with E-state index in [2.05, 4.69) is 29.5 Å². The molecule has 0 amide bonds. The normalized spacial score (nSPS) is 10.8. The molecule has 106 valence electrons. The van der Waals surface area contributed by atoms with Crippen LogP contribution in [0.25, 0.3) is 0 Å². The SMILES string of the molecule is CCc1ccc(Cn2ncc(NC(C)C)cc2=O)cc1. The summed E-state index contributed by atoms with van der Waals surface area (Å²) in [5.74, 6) is 0. The van der Waals surface area contributed by atoms with Crippen molar-refractivity contribution in [2.45, 2.75) is 39.8 Å². The second-order valence-electron chi connectivity index (χ2n) is 5.21. The Kier molecular flexibility index (Phi) is 4.56. The first kappa shape index (κ1) is 14.3. The Morgan fingerprint density at radius 1 is 1.20 bits per heavy atom. The number of rotatable bonds is 5. The van der Waals surface area contributed by atoms with E-state index in [4.69, 9.17) is 0 Å². The molecule has 4 heteroatoms. The van der Waals surface area contributed by atoms with Crippen molar-refractivity contribution in [2.75, 3.05) is 5.32 Å². The molecule has 0 saturated heterocycles. The third-order valence-electron chi connectivity index (χ3n) is 3.09. The second kappa shape index (κ2) is 6.37. The van der Waals surface area contributed by atoms with Crippen molar-refractivity contribution in [2.24, 2.45) is 0 Å². The van der Waals surface area contributed by atoms with Crippen LogP contribution in [0, 0.1) is 0 Å². The van der Waals surface area contributed by atoms with E-state index >= 15 is 0 Å². The number of benzene rings is 1. The van der Waals surface area contributed by atoms with Crippen LogP contribution in [-0.4, -0.2) is 15.8 Å². The van der Waals surface area contributed by atoms with Gasteiger partial charge in [0.05, 0.1) is 18.4 Å². The average molecular weight is 271 g/mol. The maximum absolute atomic E-state index is 12.0. The van der Waals surface area contributed by atoms with Gasteiger partial charge in [-0.25, -0.2) is 4.68 Å². The van der Waals surface area contributed by atoms with E-state index in [1.807, 2.05) is 26.0 Å². The highest BCUT2D eigenvalue weighted by atomic mass is 16.1. The maximum atomic E-state index is 12.0. The number of nitrogens with one attached hydrogen (secondary N) is 1. The predicted octanol–water partition coefficient (Wildman–Crippen LogP) is 2.67. The Balaban J connectivity index is 2.14. The lowest BCUT2D eigenvalue weighted by atomic mass is 10.1. The number of nitrogens with zero attached hydrogens (tertiary/aromatic N) is 2. The summed E-state index contributed by atoms with van der Waals surface area (Å²) in [6.45, 7) is 6.69. The molecule has 1 N–H and O–H groups in total. The molecule has 2 rings (SSSR count). The van der Waals surface area contributed by atoms with Crippen LogP contribution in [0.2, 0.25) is 0 Å². The summed E-state index contributed by atoms with van der Waals surface area (Å²) < 4.78 is 1.48. The van der Waals surface area contributed by atoms with Gasteiger partial charge in [0, 0.05) is 12.1 Å². The summed E-state index contributed by atoms with van der Waals surface area (Å²) >= 11 is 0. The van der Waals surface area contributed by atoms with E-state index in [-0.39, 0.29) is 11.6 Å². The van der Waals surface area contributed by atoms with Crippen LogP contribution >= 0.6 is 0 Å². The van der Waals surface area contributed by atoms with E-state index in [0.717, 1.165) is 17.7 Å². The molecule has 0 atom stereocenters. The summed E-state index contributed by atoms with van der Waals surface area (Å²) in [5, 5.41) is 7.39. The van der Waals surface area contributed by atoms with Crippen molar-refractivity contribution >= 4 is 5.69 Å². The number of aromatic nitrogens is 2. The van der Waals surface area contributed by atoms with E-state index < -0.39 is 0 Å². The molecule has 4 nitrogen and oxygen atoms in total. The van der Waals surface area contributed by atoms with Gasteiger partial charge in [0.2, 0.25) is 0 Å². The van der Waals surface area contributed by atoms with E-state index in [1.165, 1.54) is 10.2 Å². The molecule has 0 aliphatic carbocycles. The minimum atomic E-state index is -0.0878. The maximum Gasteiger partial charge on any atom is 0.269 e. The molecule has 0 fully saturated rings. The minimum Gasteiger partial charge on any atom is -0.381 e. The fourth-order valence-electron chi connectivity index (χ4n) is 2.02. The van der Waals surface area contributed by atoms with Crippen molar-refractivity contribution in [1.82, 2.24) is 9.78 Å². The largest absolute Gasteiger partial charge is 0.381 e. The van der Waals surface area contributed by atoms with Crippen LogP contribution in [0.15, 0.2) is 41.3 Å². The Morgan fingerprint density at radius 3 is 2.40 bits per heavy atom. The van der Waals surface area contributed by atoms with E-state index in [0.29, 0.717) is 6.54 Å². The lowest BCUT2D eigenvalue weighted by molar-refractivity contribution is 0.638. The number of anilines is 1. The number of aryl methyl sites for hydroxylation is 1. The monoisotopic (exact) mass is 271 g/mol. The summed E-state index contributed by atoms with van der Waals surface area (Å²) in [6, 6.07) is 10.2. The first-order valence-corrected chi connectivity index (χ1v) is 7.00. The van der Waals surface area contributed by atoms with Crippen LogP contribution in [-0.2, 0) is 13.0 Å². The van der Waals surface area contributed by atoms with Crippen molar-refractivity contribution in [3.8, 4) is 0 Å². The van der Waals surface area contributed by atoms with Crippen molar-refractivity contribution in [3.63, 3.8) is 0 Å². The summed E-state index contributed by atoms with van der Waals surface area (Å²) in [4.78, 5) is 12.0. The average Bonchev–Trinajstić information content (AvgIpc) is 2.42. The summed E-state index contributed by atoms with van der Waals surface area (Å²) in [7, 11) is 0. The van der Waals surface area contributed by atoms with Gasteiger partial charge in [0.25, 0.3) is 5.56 Å². The highest BCUT2D eigenvalue weighted by Gasteiger charge is 2.02. The van der Waals surface area contributed by atoms with Crippen molar-refractivity contribution in [1.29, 1.82) is 0 Å². The first-order chi connectivity index (χ1) is 9.58. The van der Waals surface area contributed by atoms with Gasteiger partial charge in [-0.15, -0.1) is 0 Å². The lowest BCUT2D eigenvalue weighted by Gasteiger charge is -2.10. The first-order valence-electron chi connectivity index (χ1n) is 7.00. The molecule has 20 heavy (non-hydrogen) atoms. The standard InChI is InChI=1S/C16H21N3O/c1-4-13-5-7-14(8-6-13)11-19-16(20)9-15(10-17-19)18-12(2)3/h5-10,12,18H,4,11H2,1-3H3. The molecule has 0 saturated carbocycles. The second-order valence-corrected chi connectivity index (χ2v) is 5.21. The van der Waals surface area contributed by atoms with Crippen LogP contribution in [0.5, 0.6) is 0 Å². The van der Waals surface area contributed by atoms with Crippen LogP contribution in [0.4, 0.5) is 5.69 Å². The fraction of sp³-hybridized carbons (Fsp3) is 0.375. The van der Waals surface area contributed by atoms with Gasteiger partial charge in [0.1, 0.15) is 0 Å². The smallest absolute Gasteiger partial charge is 0.269 e. The van der Waals surface area contributed by atoms with Gasteiger partial charge in [-0.05, 0) is 31.4 Å².